The molecule has 1 unspecified atom stereocenters. The number of anilines is 2. The molecule has 0 spiro atoms. The second-order valence-electron chi connectivity index (χ2n) is 4.83. The Bertz CT molecular complexity index is 448. The molecule has 1 aromatic rings. The summed E-state index contributed by atoms with van der Waals surface area (Å²) in [5.74, 6) is -0.388. The number of pyridine rings is 1. The van der Waals surface area contributed by atoms with Crippen LogP contribution in [0.25, 0.3) is 0 Å². The highest BCUT2D eigenvalue weighted by Gasteiger charge is 2.17. The molecule has 0 radical (unpaired) electrons. The van der Waals surface area contributed by atoms with Gasteiger partial charge in [0.15, 0.2) is 0 Å². The lowest BCUT2D eigenvalue weighted by molar-refractivity contribution is 0.0698. The number of carboxylic acids is 1. The van der Waals surface area contributed by atoms with Gasteiger partial charge in [-0.3, -0.25) is 0 Å². The van der Waals surface area contributed by atoms with Crippen molar-refractivity contribution in [2.45, 2.75) is 19.9 Å². The molecule has 106 valence electrons. The molecule has 0 fully saturated rings. The van der Waals surface area contributed by atoms with E-state index >= 15 is 0 Å². The molecule has 1 aromatic heterocycles. The molecule has 0 aliphatic carbocycles. The molecule has 0 amide bonds. The molecule has 1 atom stereocenters. The van der Waals surface area contributed by atoms with Crippen LogP contribution in [0.4, 0.5) is 11.5 Å². The Morgan fingerprint density at radius 2 is 2.16 bits per heavy atom. The first kappa shape index (κ1) is 15.2. The topological polar surface area (TPSA) is 82.7 Å². The van der Waals surface area contributed by atoms with E-state index in [1.807, 2.05) is 21.0 Å². The fraction of sp³-hybridized carbons (Fsp3) is 0.538. The Morgan fingerprint density at radius 3 is 2.63 bits per heavy atom. The maximum atomic E-state index is 11.1. The van der Waals surface area contributed by atoms with Gasteiger partial charge >= 0.3 is 5.97 Å². The Kier molecular flexibility index (Phi) is 5.11. The number of hydrogen-bond acceptors (Lipinski definition) is 5. The van der Waals surface area contributed by atoms with Crippen LogP contribution in [0.15, 0.2) is 12.3 Å². The van der Waals surface area contributed by atoms with Gasteiger partial charge in [-0.05, 0) is 34.0 Å². The maximum Gasteiger partial charge on any atom is 0.337 e. The van der Waals surface area contributed by atoms with E-state index in [1.165, 1.54) is 12.3 Å². The van der Waals surface area contributed by atoms with Crippen molar-refractivity contribution in [3.05, 3.63) is 17.8 Å². The number of nitrogens with two attached hydrogens (primary N) is 1. The fourth-order valence-corrected chi connectivity index (χ4v) is 2.12. The first-order valence-corrected chi connectivity index (χ1v) is 6.27. The van der Waals surface area contributed by atoms with E-state index in [-0.39, 0.29) is 17.3 Å². The number of nitrogens with zero attached hydrogens (tertiary/aromatic N) is 3. The summed E-state index contributed by atoms with van der Waals surface area (Å²) in [6.07, 6.45) is 1.41. The van der Waals surface area contributed by atoms with E-state index in [4.69, 9.17) is 10.8 Å². The monoisotopic (exact) mass is 266 g/mol. The van der Waals surface area contributed by atoms with Gasteiger partial charge in [0.05, 0.1) is 17.4 Å². The Labute approximate surface area is 113 Å². The van der Waals surface area contributed by atoms with Crippen LogP contribution in [-0.2, 0) is 0 Å². The van der Waals surface area contributed by atoms with Crippen LogP contribution in [0.1, 0.15) is 24.2 Å². The molecule has 0 saturated heterocycles. The number of likely N-dealkylation sites (N-methyl/N-ethyl adjacent to an activating group) is 2. The van der Waals surface area contributed by atoms with Crippen LogP contribution in [0.2, 0.25) is 0 Å². The Balaban J connectivity index is 3.05. The second kappa shape index (κ2) is 6.38. The fourth-order valence-electron chi connectivity index (χ4n) is 2.12. The lowest BCUT2D eigenvalue weighted by Crippen LogP contribution is -2.40. The molecule has 0 aliphatic rings. The first-order valence-electron chi connectivity index (χ1n) is 6.27. The normalized spacial score (nSPS) is 12.5. The SMILES string of the molecule is CCN(c1cc(C(=O)O)c(N)cn1)C(C)CN(C)C. The molecule has 3 N–H and O–H groups in total. The van der Waals surface area contributed by atoms with Crippen molar-refractivity contribution in [2.24, 2.45) is 0 Å². The van der Waals surface area contributed by atoms with Crippen LogP contribution in [0.5, 0.6) is 0 Å². The van der Waals surface area contributed by atoms with Gasteiger partial charge in [0, 0.05) is 19.1 Å². The number of carboxylic acid groups (broad SMARTS) is 1. The van der Waals surface area contributed by atoms with Crippen molar-refractivity contribution in [1.82, 2.24) is 9.88 Å². The van der Waals surface area contributed by atoms with E-state index < -0.39 is 5.97 Å². The Morgan fingerprint density at radius 1 is 1.53 bits per heavy atom. The smallest absolute Gasteiger partial charge is 0.337 e. The molecule has 0 bridgehead atoms. The minimum absolute atomic E-state index is 0.0977. The lowest BCUT2D eigenvalue weighted by atomic mass is 10.2. The molecular formula is C13H22N4O2. The molecule has 6 nitrogen and oxygen atoms in total. The van der Waals surface area contributed by atoms with E-state index in [0.717, 1.165) is 13.1 Å². The third-order valence-corrected chi connectivity index (χ3v) is 2.95. The molecular weight excluding hydrogens is 244 g/mol. The van der Waals surface area contributed by atoms with Crippen molar-refractivity contribution in [3.8, 4) is 0 Å². The van der Waals surface area contributed by atoms with Gasteiger partial charge in [0.2, 0.25) is 0 Å². The van der Waals surface area contributed by atoms with E-state index in [2.05, 4.69) is 21.7 Å². The summed E-state index contributed by atoms with van der Waals surface area (Å²) in [6, 6.07) is 1.77. The molecule has 6 heteroatoms. The molecule has 0 aromatic carbocycles. The molecule has 19 heavy (non-hydrogen) atoms. The zero-order valence-corrected chi connectivity index (χ0v) is 11.9. The van der Waals surface area contributed by atoms with E-state index in [9.17, 15) is 4.79 Å². The second-order valence-corrected chi connectivity index (χ2v) is 4.83. The summed E-state index contributed by atoms with van der Waals surface area (Å²) >= 11 is 0. The number of aromatic carboxylic acids is 1. The molecule has 1 rings (SSSR count). The average Bonchev–Trinajstić information content (AvgIpc) is 2.30. The van der Waals surface area contributed by atoms with Gasteiger partial charge in [-0.15, -0.1) is 0 Å². The van der Waals surface area contributed by atoms with Gasteiger partial charge in [-0.1, -0.05) is 0 Å². The number of rotatable bonds is 6. The van der Waals surface area contributed by atoms with Gasteiger partial charge in [-0.25, -0.2) is 9.78 Å². The summed E-state index contributed by atoms with van der Waals surface area (Å²) < 4.78 is 0. The highest BCUT2D eigenvalue weighted by molar-refractivity contribution is 5.94. The third kappa shape index (κ3) is 3.82. The molecule has 1 heterocycles. The summed E-state index contributed by atoms with van der Waals surface area (Å²) in [5.41, 5.74) is 5.90. The quantitative estimate of drug-likeness (QED) is 0.803. The molecule has 0 aliphatic heterocycles. The Hall–Kier alpha value is -1.82. The van der Waals surface area contributed by atoms with Crippen LogP contribution in [0, 0.1) is 0 Å². The first-order chi connectivity index (χ1) is 8.86. The van der Waals surface area contributed by atoms with E-state index in [1.54, 1.807) is 0 Å². The summed E-state index contributed by atoms with van der Waals surface area (Å²) in [7, 11) is 4.01. The summed E-state index contributed by atoms with van der Waals surface area (Å²) in [4.78, 5) is 19.5. The number of nitrogen functional groups attached to an aromatic ring is 1. The zero-order chi connectivity index (χ0) is 14.6. The third-order valence-electron chi connectivity index (χ3n) is 2.95. The number of aromatic nitrogens is 1. The minimum Gasteiger partial charge on any atom is -0.478 e. The van der Waals surface area contributed by atoms with Crippen LogP contribution < -0.4 is 10.6 Å². The molecule has 0 saturated carbocycles. The van der Waals surface area contributed by atoms with Crippen molar-refractivity contribution >= 4 is 17.5 Å². The summed E-state index contributed by atoms with van der Waals surface area (Å²) in [6.45, 7) is 5.72. The predicted molar refractivity (Wildman–Crippen MR) is 76.6 cm³/mol. The highest BCUT2D eigenvalue weighted by Crippen LogP contribution is 2.20. The maximum absolute atomic E-state index is 11.1. The van der Waals surface area contributed by atoms with Crippen LogP contribution in [0.3, 0.4) is 0 Å². The standard InChI is InChI=1S/C13H22N4O2/c1-5-17(9(2)8-16(3)4)12-6-10(13(18)19)11(14)7-15-12/h6-7,9H,5,8,14H2,1-4H3,(H,18,19). The van der Waals surface area contributed by atoms with Gasteiger partial charge in [-0.2, -0.15) is 0 Å². The van der Waals surface area contributed by atoms with Gasteiger partial charge in [0.1, 0.15) is 5.82 Å². The average molecular weight is 266 g/mol. The highest BCUT2D eigenvalue weighted by atomic mass is 16.4. The van der Waals surface area contributed by atoms with Crippen molar-refractivity contribution in [2.75, 3.05) is 37.8 Å². The number of carbonyl (C=O) groups is 1. The largest absolute Gasteiger partial charge is 0.478 e. The zero-order valence-electron chi connectivity index (χ0n) is 11.9. The number of hydrogen-bond donors (Lipinski definition) is 2. The van der Waals surface area contributed by atoms with E-state index in [0.29, 0.717) is 5.82 Å². The minimum atomic E-state index is -1.03. The summed E-state index contributed by atoms with van der Waals surface area (Å²) in [5, 5.41) is 9.09. The van der Waals surface area contributed by atoms with Crippen molar-refractivity contribution in [1.29, 1.82) is 0 Å². The lowest BCUT2D eigenvalue weighted by Gasteiger charge is -2.31. The predicted octanol–water partition coefficient (Wildman–Crippen LogP) is 1.14. The van der Waals surface area contributed by atoms with Crippen LogP contribution in [-0.4, -0.2) is 54.2 Å². The van der Waals surface area contributed by atoms with Gasteiger partial charge in [0.25, 0.3) is 0 Å². The van der Waals surface area contributed by atoms with Gasteiger partial charge < -0.3 is 20.6 Å². The van der Waals surface area contributed by atoms with Crippen LogP contribution >= 0.6 is 0 Å². The van der Waals surface area contributed by atoms with Crippen molar-refractivity contribution in [3.63, 3.8) is 0 Å². The van der Waals surface area contributed by atoms with Crippen molar-refractivity contribution < 1.29 is 9.90 Å².